The highest BCUT2D eigenvalue weighted by Gasteiger charge is 2.20. The van der Waals surface area contributed by atoms with Gasteiger partial charge in [-0.3, -0.25) is 24.5 Å². The topological polar surface area (TPSA) is 116 Å². The highest BCUT2D eigenvalue weighted by atomic mass is 16.6. The Labute approximate surface area is 155 Å². The smallest absolute Gasteiger partial charge is 0.311 e. The number of aldehydes is 1. The molecule has 0 unspecified atom stereocenters. The largest absolute Gasteiger partial charge is 0.477 e. The Bertz CT molecular complexity index is 851. The predicted molar refractivity (Wildman–Crippen MR) is 96.7 cm³/mol. The van der Waals surface area contributed by atoms with Crippen molar-refractivity contribution in [2.45, 2.75) is 19.4 Å². The summed E-state index contributed by atoms with van der Waals surface area (Å²) in [6, 6.07) is 12.1. The van der Waals surface area contributed by atoms with E-state index in [9.17, 15) is 24.5 Å². The lowest BCUT2D eigenvalue weighted by atomic mass is 10.0. The van der Waals surface area contributed by atoms with Crippen LogP contribution in [0.25, 0.3) is 0 Å². The highest BCUT2D eigenvalue weighted by Crippen LogP contribution is 2.27. The molecular weight excluding hydrogens is 352 g/mol. The molecule has 2 rings (SSSR count). The van der Waals surface area contributed by atoms with E-state index in [4.69, 9.17) is 4.74 Å². The van der Waals surface area contributed by atoms with Gasteiger partial charge in [-0.15, -0.1) is 0 Å². The Morgan fingerprint density at radius 2 is 1.93 bits per heavy atom. The van der Waals surface area contributed by atoms with E-state index in [1.807, 2.05) is 30.3 Å². The van der Waals surface area contributed by atoms with Crippen LogP contribution in [-0.4, -0.2) is 35.5 Å². The predicted octanol–water partition coefficient (Wildman–Crippen LogP) is 2.10. The fourth-order valence-corrected chi connectivity index (χ4v) is 2.40. The molecule has 0 aliphatic heterocycles. The van der Waals surface area contributed by atoms with Gasteiger partial charge in [0, 0.05) is 11.6 Å². The number of nitro benzene ring substituents is 1. The first kappa shape index (κ1) is 19.8. The second kappa shape index (κ2) is 9.23. The van der Waals surface area contributed by atoms with Crippen LogP contribution in [0.4, 0.5) is 5.69 Å². The number of hydrogen-bond acceptors (Lipinski definition) is 6. The molecule has 0 bridgehead atoms. The number of carbonyl (C=O) groups excluding carboxylic acids is 3. The van der Waals surface area contributed by atoms with Crippen molar-refractivity contribution in [2.75, 3.05) is 6.61 Å². The zero-order valence-corrected chi connectivity index (χ0v) is 14.6. The first-order valence-corrected chi connectivity index (χ1v) is 8.11. The van der Waals surface area contributed by atoms with Crippen LogP contribution in [0.2, 0.25) is 0 Å². The van der Waals surface area contributed by atoms with E-state index >= 15 is 0 Å². The number of amides is 1. The first-order valence-electron chi connectivity index (χ1n) is 8.11. The quantitative estimate of drug-likeness (QED) is 0.410. The van der Waals surface area contributed by atoms with Crippen molar-refractivity contribution >= 4 is 23.7 Å². The van der Waals surface area contributed by atoms with E-state index in [-0.39, 0.29) is 17.1 Å². The number of nitrogens with zero attached hydrogens (tertiary/aromatic N) is 1. The van der Waals surface area contributed by atoms with Gasteiger partial charge in [0.05, 0.1) is 11.0 Å². The van der Waals surface area contributed by atoms with E-state index < -0.39 is 29.2 Å². The van der Waals surface area contributed by atoms with Gasteiger partial charge in [-0.05, 0) is 31.0 Å². The number of benzene rings is 2. The molecule has 0 aliphatic rings. The van der Waals surface area contributed by atoms with Gasteiger partial charge in [0.1, 0.15) is 6.29 Å². The van der Waals surface area contributed by atoms with Gasteiger partial charge in [-0.25, -0.2) is 0 Å². The molecule has 140 valence electrons. The highest BCUT2D eigenvalue weighted by molar-refractivity contribution is 5.88. The first-order chi connectivity index (χ1) is 12.9. The minimum atomic E-state index is -0.726. The van der Waals surface area contributed by atoms with Crippen LogP contribution in [0.15, 0.2) is 48.5 Å². The van der Waals surface area contributed by atoms with Crippen molar-refractivity contribution in [3.05, 3.63) is 69.8 Å². The van der Waals surface area contributed by atoms with E-state index in [0.717, 1.165) is 11.6 Å². The fourth-order valence-electron chi connectivity index (χ4n) is 2.40. The molecule has 8 nitrogen and oxygen atoms in total. The summed E-state index contributed by atoms with van der Waals surface area (Å²) < 4.78 is 5.21. The summed E-state index contributed by atoms with van der Waals surface area (Å²) in [6.07, 6.45) is 0.806. The van der Waals surface area contributed by atoms with Gasteiger partial charge < -0.3 is 10.1 Å². The molecule has 0 aromatic heterocycles. The summed E-state index contributed by atoms with van der Waals surface area (Å²) in [5.74, 6) is -0.934. The molecule has 0 heterocycles. The van der Waals surface area contributed by atoms with Crippen LogP contribution in [0.5, 0.6) is 5.75 Å². The van der Waals surface area contributed by atoms with Crippen LogP contribution in [0.1, 0.15) is 22.8 Å². The Morgan fingerprint density at radius 1 is 1.22 bits per heavy atom. The molecule has 0 fully saturated rings. The number of rotatable bonds is 9. The van der Waals surface area contributed by atoms with E-state index in [0.29, 0.717) is 12.7 Å². The second-order valence-corrected chi connectivity index (χ2v) is 5.81. The third kappa shape index (κ3) is 5.74. The van der Waals surface area contributed by atoms with Gasteiger partial charge in [0.2, 0.25) is 0 Å². The second-order valence-electron chi connectivity index (χ2n) is 5.81. The molecule has 1 amide bonds. The van der Waals surface area contributed by atoms with E-state index in [2.05, 4.69) is 5.32 Å². The lowest BCUT2D eigenvalue weighted by molar-refractivity contribution is -0.385. The average Bonchev–Trinajstić information content (AvgIpc) is 2.66. The Kier molecular flexibility index (Phi) is 6.76. The van der Waals surface area contributed by atoms with Crippen molar-refractivity contribution in [3.63, 3.8) is 0 Å². The standard InChI is InChI=1S/C19H18N2O6/c1-13(23)16(9-14-5-3-2-4-6-14)20-19(24)12-27-18-8-7-15(11-22)10-17(18)21(25)26/h2-8,10-11,16H,9,12H2,1H3,(H,20,24)/t16-/m0/s1. The minimum absolute atomic E-state index is 0.123. The van der Waals surface area contributed by atoms with Crippen molar-refractivity contribution in [3.8, 4) is 5.75 Å². The molecule has 0 spiro atoms. The molecule has 2 aromatic rings. The number of nitro groups is 1. The van der Waals surface area contributed by atoms with Crippen molar-refractivity contribution in [1.29, 1.82) is 0 Å². The van der Waals surface area contributed by atoms with Gasteiger partial charge in [0.15, 0.2) is 18.1 Å². The van der Waals surface area contributed by atoms with E-state index in [1.165, 1.54) is 19.1 Å². The summed E-state index contributed by atoms with van der Waals surface area (Å²) in [6.45, 7) is 0.873. The molecule has 0 radical (unpaired) electrons. The average molecular weight is 370 g/mol. The number of carbonyl (C=O) groups is 3. The van der Waals surface area contributed by atoms with Crippen LogP contribution >= 0.6 is 0 Å². The van der Waals surface area contributed by atoms with Crippen molar-refractivity contribution in [1.82, 2.24) is 5.32 Å². The van der Waals surface area contributed by atoms with Gasteiger partial charge >= 0.3 is 5.69 Å². The van der Waals surface area contributed by atoms with Gasteiger partial charge in [-0.2, -0.15) is 0 Å². The Hall–Kier alpha value is -3.55. The maximum atomic E-state index is 12.1. The normalized spacial score (nSPS) is 11.3. The Balaban J connectivity index is 2.01. The van der Waals surface area contributed by atoms with Crippen molar-refractivity contribution < 1.29 is 24.0 Å². The van der Waals surface area contributed by atoms with Gasteiger partial charge in [0.25, 0.3) is 5.91 Å². The fraction of sp³-hybridized carbons (Fsp3) is 0.211. The lowest BCUT2D eigenvalue weighted by Gasteiger charge is -2.16. The van der Waals surface area contributed by atoms with E-state index in [1.54, 1.807) is 0 Å². The molecule has 0 saturated carbocycles. The molecule has 0 saturated heterocycles. The number of Topliss-reactive ketones (excluding diaryl/α,β-unsaturated/α-hetero) is 1. The number of nitrogens with one attached hydrogen (secondary N) is 1. The summed E-state index contributed by atoms with van der Waals surface area (Å²) in [4.78, 5) is 45.0. The molecule has 2 aromatic carbocycles. The zero-order valence-electron chi connectivity index (χ0n) is 14.6. The number of hydrogen-bond donors (Lipinski definition) is 1. The molecular formula is C19H18N2O6. The molecule has 27 heavy (non-hydrogen) atoms. The van der Waals surface area contributed by atoms with Crippen LogP contribution in [0.3, 0.4) is 0 Å². The third-order valence-corrected chi connectivity index (χ3v) is 3.78. The van der Waals surface area contributed by atoms with Crippen LogP contribution < -0.4 is 10.1 Å². The van der Waals surface area contributed by atoms with Crippen LogP contribution in [-0.2, 0) is 16.0 Å². The summed E-state index contributed by atoms with van der Waals surface area (Å²) in [5.41, 5.74) is 0.594. The number of ketones is 1. The monoisotopic (exact) mass is 370 g/mol. The van der Waals surface area contributed by atoms with Crippen molar-refractivity contribution in [2.24, 2.45) is 0 Å². The van der Waals surface area contributed by atoms with Crippen LogP contribution in [0, 0.1) is 10.1 Å². The molecule has 0 aliphatic carbocycles. The Morgan fingerprint density at radius 3 is 2.52 bits per heavy atom. The lowest BCUT2D eigenvalue weighted by Crippen LogP contribution is -2.43. The molecule has 1 N–H and O–H groups in total. The summed E-state index contributed by atoms with van der Waals surface area (Å²) >= 11 is 0. The summed E-state index contributed by atoms with van der Waals surface area (Å²) in [5, 5.41) is 13.6. The minimum Gasteiger partial charge on any atom is -0.477 e. The zero-order chi connectivity index (χ0) is 19.8. The maximum Gasteiger partial charge on any atom is 0.311 e. The maximum absolute atomic E-state index is 12.1. The third-order valence-electron chi connectivity index (χ3n) is 3.78. The molecule has 8 heteroatoms. The SMILES string of the molecule is CC(=O)[C@H](Cc1ccccc1)NC(=O)COc1ccc(C=O)cc1[N+](=O)[O-]. The summed E-state index contributed by atoms with van der Waals surface area (Å²) in [7, 11) is 0. The van der Waals surface area contributed by atoms with Gasteiger partial charge in [-0.1, -0.05) is 30.3 Å². The molecule has 1 atom stereocenters. The number of ether oxygens (including phenoxy) is 1.